The van der Waals surface area contributed by atoms with Crippen molar-refractivity contribution in [2.24, 2.45) is 5.92 Å². The summed E-state index contributed by atoms with van der Waals surface area (Å²) >= 11 is 1.43. The van der Waals surface area contributed by atoms with E-state index in [1.807, 2.05) is 22.1 Å². The van der Waals surface area contributed by atoms with Gasteiger partial charge in [-0.25, -0.2) is 4.98 Å². The average Bonchev–Trinajstić information content (AvgIpc) is 3.12. The molecule has 8 nitrogen and oxygen atoms in total. The summed E-state index contributed by atoms with van der Waals surface area (Å²) in [4.78, 5) is 44.6. The SMILES string of the molecule is Cc1csc(CC(=O)NNC(=O)CN2CCN(C(=O)CC3CCCCC3)CC2)n1. The molecule has 0 radical (unpaired) electrons. The van der Waals surface area contributed by atoms with E-state index in [0.717, 1.165) is 10.7 Å². The van der Waals surface area contributed by atoms with Crippen LogP contribution in [-0.2, 0) is 20.8 Å². The van der Waals surface area contributed by atoms with Crippen molar-refractivity contribution in [1.82, 2.24) is 25.6 Å². The Balaban J connectivity index is 1.30. The van der Waals surface area contributed by atoms with E-state index in [0.29, 0.717) is 38.5 Å². The van der Waals surface area contributed by atoms with Crippen LogP contribution in [0.2, 0.25) is 0 Å². The highest BCUT2D eigenvalue weighted by atomic mass is 32.1. The molecule has 1 aromatic heterocycles. The summed E-state index contributed by atoms with van der Waals surface area (Å²) in [7, 11) is 0. The molecule has 1 aliphatic carbocycles. The van der Waals surface area contributed by atoms with E-state index in [9.17, 15) is 14.4 Å². The minimum absolute atomic E-state index is 0.153. The fourth-order valence-electron chi connectivity index (χ4n) is 3.97. The molecule has 160 valence electrons. The van der Waals surface area contributed by atoms with Crippen LogP contribution >= 0.6 is 11.3 Å². The van der Waals surface area contributed by atoms with Gasteiger partial charge in [0.05, 0.1) is 13.0 Å². The number of nitrogens with zero attached hydrogens (tertiary/aromatic N) is 3. The molecule has 0 unspecified atom stereocenters. The largest absolute Gasteiger partial charge is 0.340 e. The lowest BCUT2D eigenvalue weighted by atomic mass is 9.86. The zero-order valence-corrected chi connectivity index (χ0v) is 17.9. The highest BCUT2D eigenvalue weighted by Crippen LogP contribution is 2.27. The van der Waals surface area contributed by atoms with E-state index in [1.54, 1.807) is 0 Å². The van der Waals surface area contributed by atoms with Gasteiger partial charge in [0.1, 0.15) is 5.01 Å². The van der Waals surface area contributed by atoms with Gasteiger partial charge < -0.3 is 4.90 Å². The predicted molar refractivity (Wildman–Crippen MR) is 111 cm³/mol. The second kappa shape index (κ2) is 10.7. The van der Waals surface area contributed by atoms with Crippen molar-refractivity contribution in [2.45, 2.75) is 51.9 Å². The third-order valence-corrected chi connectivity index (χ3v) is 6.57. The molecule has 0 bridgehead atoms. The molecule has 0 aromatic carbocycles. The summed E-state index contributed by atoms with van der Waals surface area (Å²) in [5.74, 6) is 0.268. The standard InChI is InChI=1S/C20H31N5O3S/c1-15-14-29-19(21-15)12-17(26)22-23-18(27)13-24-7-9-25(10-8-24)20(28)11-16-5-3-2-4-6-16/h14,16H,2-13H2,1H3,(H,22,26)(H,23,27). The van der Waals surface area contributed by atoms with E-state index in [1.165, 1.54) is 43.4 Å². The minimum atomic E-state index is -0.286. The number of rotatable bonds is 6. The molecule has 2 aliphatic rings. The molecule has 2 N–H and O–H groups in total. The molecule has 1 aliphatic heterocycles. The zero-order chi connectivity index (χ0) is 20.6. The average molecular weight is 422 g/mol. The highest BCUT2D eigenvalue weighted by Gasteiger charge is 2.25. The van der Waals surface area contributed by atoms with Crippen molar-refractivity contribution in [2.75, 3.05) is 32.7 Å². The van der Waals surface area contributed by atoms with Gasteiger partial charge >= 0.3 is 0 Å². The zero-order valence-electron chi connectivity index (χ0n) is 17.1. The Bertz CT molecular complexity index is 709. The lowest BCUT2D eigenvalue weighted by Gasteiger charge is -2.35. The maximum absolute atomic E-state index is 12.5. The number of carbonyl (C=O) groups is 3. The summed E-state index contributed by atoms with van der Waals surface area (Å²) in [6.07, 6.45) is 6.99. The first-order chi connectivity index (χ1) is 14.0. The van der Waals surface area contributed by atoms with Crippen LogP contribution < -0.4 is 10.9 Å². The number of hydrogen-bond donors (Lipinski definition) is 2. The molecular formula is C20H31N5O3S. The van der Waals surface area contributed by atoms with Gasteiger partial charge in [0, 0.05) is 43.7 Å². The minimum Gasteiger partial charge on any atom is -0.340 e. The first-order valence-electron chi connectivity index (χ1n) is 10.5. The molecule has 3 amide bonds. The van der Waals surface area contributed by atoms with Gasteiger partial charge in [-0.05, 0) is 25.7 Å². The maximum Gasteiger partial charge on any atom is 0.252 e. The number of amides is 3. The Morgan fingerprint density at radius 3 is 2.41 bits per heavy atom. The van der Waals surface area contributed by atoms with Gasteiger partial charge in [-0.2, -0.15) is 0 Å². The lowest BCUT2D eigenvalue weighted by molar-refractivity contribution is -0.135. The van der Waals surface area contributed by atoms with E-state index in [4.69, 9.17) is 0 Å². The van der Waals surface area contributed by atoms with Gasteiger partial charge in [-0.15, -0.1) is 11.3 Å². The van der Waals surface area contributed by atoms with E-state index >= 15 is 0 Å². The van der Waals surface area contributed by atoms with E-state index < -0.39 is 0 Å². The third-order valence-electron chi connectivity index (χ3n) is 5.60. The van der Waals surface area contributed by atoms with Crippen molar-refractivity contribution in [3.8, 4) is 0 Å². The first kappa shape index (κ1) is 21.7. The van der Waals surface area contributed by atoms with Crippen molar-refractivity contribution < 1.29 is 14.4 Å². The van der Waals surface area contributed by atoms with Gasteiger partial charge in [0.15, 0.2) is 0 Å². The molecule has 0 atom stereocenters. The molecule has 1 aromatic rings. The molecule has 3 rings (SSSR count). The van der Waals surface area contributed by atoms with Crippen LogP contribution in [0, 0.1) is 12.8 Å². The summed E-state index contributed by atoms with van der Waals surface area (Å²) in [5.41, 5.74) is 5.79. The molecule has 2 heterocycles. The number of aryl methyl sites for hydroxylation is 1. The topological polar surface area (TPSA) is 94.6 Å². The number of piperazine rings is 1. The second-order valence-electron chi connectivity index (χ2n) is 8.02. The maximum atomic E-state index is 12.5. The van der Waals surface area contributed by atoms with Crippen LogP contribution in [0.15, 0.2) is 5.38 Å². The van der Waals surface area contributed by atoms with Crippen molar-refractivity contribution >= 4 is 29.1 Å². The molecule has 1 saturated carbocycles. The highest BCUT2D eigenvalue weighted by molar-refractivity contribution is 7.09. The van der Waals surface area contributed by atoms with Gasteiger partial charge in [-0.1, -0.05) is 19.3 Å². The number of nitrogens with one attached hydrogen (secondary N) is 2. The van der Waals surface area contributed by atoms with E-state index in [-0.39, 0.29) is 30.7 Å². The van der Waals surface area contributed by atoms with E-state index in [2.05, 4.69) is 15.8 Å². The molecular weight excluding hydrogens is 390 g/mol. The molecule has 0 spiro atoms. The molecule has 29 heavy (non-hydrogen) atoms. The number of aromatic nitrogens is 1. The lowest BCUT2D eigenvalue weighted by Crippen LogP contribution is -2.53. The Hall–Kier alpha value is -2.00. The summed E-state index contributed by atoms with van der Waals surface area (Å²) in [6, 6.07) is 0. The van der Waals surface area contributed by atoms with Crippen LogP contribution in [0.5, 0.6) is 0 Å². The second-order valence-corrected chi connectivity index (χ2v) is 8.96. The first-order valence-corrected chi connectivity index (χ1v) is 11.4. The van der Waals surface area contributed by atoms with Crippen LogP contribution in [0.1, 0.15) is 49.2 Å². The number of hydrazine groups is 1. The van der Waals surface area contributed by atoms with Gasteiger partial charge in [-0.3, -0.25) is 30.1 Å². The Morgan fingerprint density at radius 2 is 1.76 bits per heavy atom. The smallest absolute Gasteiger partial charge is 0.252 e. The number of thiazole rings is 1. The van der Waals surface area contributed by atoms with Crippen LogP contribution in [0.25, 0.3) is 0 Å². The molecule has 9 heteroatoms. The number of carbonyl (C=O) groups excluding carboxylic acids is 3. The fourth-order valence-corrected chi connectivity index (χ4v) is 4.74. The van der Waals surface area contributed by atoms with Crippen molar-refractivity contribution in [1.29, 1.82) is 0 Å². The predicted octanol–water partition coefficient (Wildman–Crippen LogP) is 1.26. The quantitative estimate of drug-likeness (QED) is 0.675. The Kier molecular flexibility index (Phi) is 8.00. The normalized spacial score (nSPS) is 18.4. The Labute approximate surface area is 176 Å². The molecule has 1 saturated heterocycles. The monoisotopic (exact) mass is 421 g/mol. The van der Waals surface area contributed by atoms with Crippen LogP contribution in [-0.4, -0.2) is 65.2 Å². The van der Waals surface area contributed by atoms with Crippen molar-refractivity contribution in [3.63, 3.8) is 0 Å². The van der Waals surface area contributed by atoms with Gasteiger partial charge in [0.2, 0.25) is 11.8 Å². The Morgan fingerprint density at radius 1 is 1.07 bits per heavy atom. The summed E-state index contributed by atoms with van der Waals surface area (Å²) in [6.45, 7) is 4.76. The third kappa shape index (κ3) is 7.08. The number of hydrogen-bond acceptors (Lipinski definition) is 6. The molecule has 2 fully saturated rings. The fraction of sp³-hybridized carbons (Fsp3) is 0.700. The van der Waals surface area contributed by atoms with Crippen LogP contribution in [0.4, 0.5) is 0 Å². The summed E-state index contributed by atoms with van der Waals surface area (Å²) < 4.78 is 0. The van der Waals surface area contributed by atoms with Gasteiger partial charge in [0.25, 0.3) is 5.91 Å². The summed E-state index contributed by atoms with van der Waals surface area (Å²) in [5, 5.41) is 2.61. The van der Waals surface area contributed by atoms with Crippen LogP contribution in [0.3, 0.4) is 0 Å². The van der Waals surface area contributed by atoms with Crippen molar-refractivity contribution in [3.05, 3.63) is 16.1 Å².